The highest BCUT2D eigenvalue weighted by Gasteiger charge is 2.31. The highest BCUT2D eigenvalue weighted by molar-refractivity contribution is 5.83. The van der Waals surface area contributed by atoms with Gasteiger partial charge in [0.15, 0.2) is 0 Å². The third-order valence-electron chi connectivity index (χ3n) is 6.41. The van der Waals surface area contributed by atoms with Gasteiger partial charge < -0.3 is 10.2 Å². The number of halogens is 1. The average Bonchev–Trinajstić information content (AvgIpc) is 3.08. The van der Waals surface area contributed by atoms with Crippen LogP contribution in [0.3, 0.4) is 0 Å². The van der Waals surface area contributed by atoms with Crippen molar-refractivity contribution in [3.8, 4) is 0 Å². The van der Waals surface area contributed by atoms with Crippen LogP contribution in [0.2, 0.25) is 0 Å². The first-order chi connectivity index (χ1) is 15.2. The fourth-order valence-corrected chi connectivity index (χ4v) is 4.61. The van der Waals surface area contributed by atoms with Gasteiger partial charge in [-0.15, -0.1) is 0 Å². The third kappa shape index (κ3) is 6.16. The van der Waals surface area contributed by atoms with Crippen LogP contribution in [0.4, 0.5) is 4.39 Å². The van der Waals surface area contributed by atoms with Crippen molar-refractivity contribution in [2.75, 3.05) is 26.7 Å². The second-order valence-corrected chi connectivity index (χ2v) is 8.82. The van der Waals surface area contributed by atoms with Crippen LogP contribution in [0.15, 0.2) is 30.5 Å². The Labute approximate surface area is 189 Å². The molecule has 1 aliphatic rings. The van der Waals surface area contributed by atoms with Gasteiger partial charge in [-0.25, -0.2) is 4.39 Å². The molecule has 1 N–H and O–H groups in total. The maximum Gasteiger partial charge on any atom is 0.241 e. The second kappa shape index (κ2) is 10.7. The van der Waals surface area contributed by atoms with Crippen molar-refractivity contribution in [3.05, 3.63) is 53.1 Å². The standard InChI is InChI=1S/C24H34FN5O2/c1-17-21(16-29(4)27-17)15-28(3)23(13-20-7-5-6-8-22(20)25)19-9-11-30(12-10-19)24(32)14-26-18(2)31/h5-8,16,19,23H,9-15H2,1-4H3,(H,26,31). The Hall–Kier alpha value is -2.74. The Morgan fingerprint density at radius 1 is 1.25 bits per heavy atom. The van der Waals surface area contributed by atoms with Gasteiger partial charge in [-0.1, -0.05) is 18.2 Å². The van der Waals surface area contributed by atoms with Gasteiger partial charge in [0.2, 0.25) is 11.8 Å². The van der Waals surface area contributed by atoms with Crippen molar-refractivity contribution in [1.82, 2.24) is 24.9 Å². The van der Waals surface area contributed by atoms with Crippen molar-refractivity contribution in [1.29, 1.82) is 0 Å². The summed E-state index contributed by atoms with van der Waals surface area (Å²) in [5.41, 5.74) is 2.88. The van der Waals surface area contributed by atoms with Crippen LogP contribution in [0.25, 0.3) is 0 Å². The number of piperidine rings is 1. The SMILES string of the molecule is CC(=O)NCC(=O)N1CCC(C(Cc2ccccc2F)N(C)Cc2cn(C)nc2C)CC1. The van der Waals surface area contributed by atoms with Crippen molar-refractivity contribution >= 4 is 11.8 Å². The lowest BCUT2D eigenvalue weighted by Crippen LogP contribution is -2.48. The summed E-state index contributed by atoms with van der Waals surface area (Å²) in [6, 6.07) is 7.11. The van der Waals surface area contributed by atoms with E-state index >= 15 is 0 Å². The highest BCUT2D eigenvalue weighted by atomic mass is 19.1. The van der Waals surface area contributed by atoms with Gasteiger partial charge in [0.05, 0.1) is 12.2 Å². The van der Waals surface area contributed by atoms with Gasteiger partial charge in [0, 0.05) is 51.4 Å². The predicted molar refractivity (Wildman–Crippen MR) is 121 cm³/mol. The summed E-state index contributed by atoms with van der Waals surface area (Å²) >= 11 is 0. The van der Waals surface area contributed by atoms with Crippen LogP contribution < -0.4 is 5.32 Å². The van der Waals surface area contributed by atoms with E-state index in [2.05, 4.69) is 22.4 Å². The molecule has 2 aromatic rings. The van der Waals surface area contributed by atoms with Gasteiger partial charge >= 0.3 is 0 Å². The molecule has 0 aliphatic carbocycles. The molecule has 1 unspecified atom stereocenters. The molecule has 7 nitrogen and oxygen atoms in total. The van der Waals surface area contributed by atoms with Gasteiger partial charge in [-0.3, -0.25) is 19.2 Å². The van der Waals surface area contributed by atoms with Crippen LogP contribution >= 0.6 is 0 Å². The lowest BCUT2D eigenvalue weighted by molar-refractivity contribution is -0.134. The van der Waals surface area contributed by atoms with E-state index in [0.29, 0.717) is 25.4 Å². The number of likely N-dealkylation sites (tertiary alicyclic amines) is 1. The normalized spacial score (nSPS) is 15.8. The molecule has 174 valence electrons. The maximum absolute atomic E-state index is 14.5. The molecule has 0 spiro atoms. The minimum absolute atomic E-state index is 0.0405. The van der Waals surface area contributed by atoms with Gasteiger partial charge in [0.25, 0.3) is 0 Å². The molecule has 2 amide bonds. The summed E-state index contributed by atoms with van der Waals surface area (Å²) in [5, 5.41) is 7.03. The van der Waals surface area contributed by atoms with E-state index in [1.807, 2.05) is 41.9 Å². The number of nitrogens with zero attached hydrogens (tertiary/aromatic N) is 4. The lowest BCUT2D eigenvalue weighted by Gasteiger charge is -2.40. The van der Waals surface area contributed by atoms with Gasteiger partial charge in [-0.05, 0) is 50.8 Å². The minimum atomic E-state index is -0.203. The van der Waals surface area contributed by atoms with E-state index < -0.39 is 0 Å². The van der Waals surface area contributed by atoms with Crippen LogP contribution in [0, 0.1) is 18.7 Å². The Morgan fingerprint density at radius 2 is 1.94 bits per heavy atom. The van der Waals surface area contributed by atoms with E-state index in [-0.39, 0.29) is 30.2 Å². The van der Waals surface area contributed by atoms with Crippen LogP contribution in [-0.4, -0.2) is 64.1 Å². The zero-order valence-electron chi connectivity index (χ0n) is 19.5. The molecule has 2 heterocycles. The van der Waals surface area contributed by atoms with Crippen molar-refractivity contribution in [2.24, 2.45) is 13.0 Å². The molecule has 1 atom stereocenters. The number of carbonyl (C=O) groups excluding carboxylic acids is 2. The number of hydrogen-bond acceptors (Lipinski definition) is 4. The van der Waals surface area contributed by atoms with Crippen LogP contribution in [0.5, 0.6) is 0 Å². The lowest BCUT2D eigenvalue weighted by atomic mass is 9.84. The average molecular weight is 444 g/mol. The second-order valence-electron chi connectivity index (χ2n) is 8.82. The molecule has 1 aliphatic heterocycles. The molecule has 3 rings (SSSR count). The molecule has 1 aromatic carbocycles. The number of hydrogen-bond donors (Lipinski definition) is 1. The summed E-state index contributed by atoms with van der Waals surface area (Å²) in [6.07, 6.45) is 4.35. The number of rotatable bonds is 8. The Bertz CT molecular complexity index is 936. The van der Waals surface area contributed by atoms with E-state index in [9.17, 15) is 14.0 Å². The number of likely N-dealkylation sites (N-methyl/N-ethyl adjacent to an activating group) is 1. The quantitative estimate of drug-likeness (QED) is 0.680. The zero-order chi connectivity index (χ0) is 23.3. The van der Waals surface area contributed by atoms with E-state index in [4.69, 9.17) is 0 Å². The summed E-state index contributed by atoms with van der Waals surface area (Å²) < 4.78 is 16.3. The molecule has 32 heavy (non-hydrogen) atoms. The molecule has 1 aromatic heterocycles. The van der Waals surface area contributed by atoms with Gasteiger partial charge in [-0.2, -0.15) is 5.10 Å². The number of benzene rings is 1. The highest BCUT2D eigenvalue weighted by Crippen LogP contribution is 2.28. The minimum Gasteiger partial charge on any atom is -0.347 e. The summed E-state index contributed by atoms with van der Waals surface area (Å²) in [4.78, 5) is 27.6. The Kier molecular flexibility index (Phi) is 8.01. The monoisotopic (exact) mass is 443 g/mol. The van der Waals surface area contributed by atoms with E-state index in [0.717, 1.165) is 36.2 Å². The van der Waals surface area contributed by atoms with Crippen molar-refractivity contribution in [2.45, 2.75) is 45.7 Å². The summed E-state index contributed by atoms with van der Waals surface area (Å²) in [7, 11) is 4.01. The largest absolute Gasteiger partial charge is 0.347 e. The fourth-order valence-electron chi connectivity index (χ4n) is 4.61. The number of amides is 2. The number of aryl methyl sites for hydroxylation is 2. The molecular formula is C24H34FN5O2. The topological polar surface area (TPSA) is 70.5 Å². The molecular weight excluding hydrogens is 409 g/mol. The first-order valence-corrected chi connectivity index (χ1v) is 11.2. The molecule has 0 bridgehead atoms. The molecule has 0 radical (unpaired) electrons. The summed E-state index contributed by atoms with van der Waals surface area (Å²) in [5.74, 6) is -0.0954. The fraction of sp³-hybridized carbons (Fsp3) is 0.542. The Balaban J connectivity index is 1.71. The number of nitrogens with one attached hydrogen (secondary N) is 1. The predicted octanol–water partition coefficient (Wildman–Crippen LogP) is 2.29. The molecule has 0 saturated carbocycles. The zero-order valence-corrected chi connectivity index (χ0v) is 19.5. The van der Waals surface area contributed by atoms with Crippen molar-refractivity contribution in [3.63, 3.8) is 0 Å². The smallest absolute Gasteiger partial charge is 0.241 e. The maximum atomic E-state index is 14.5. The third-order valence-corrected chi connectivity index (χ3v) is 6.41. The first kappa shape index (κ1) is 23.9. The molecule has 1 fully saturated rings. The Morgan fingerprint density at radius 3 is 2.53 bits per heavy atom. The number of aromatic nitrogens is 2. The summed E-state index contributed by atoms with van der Waals surface area (Å²) in [6.45, 7) is 5.49. The first-order valence-electron chi connectivity index (χ1n) is 11.2. The van der Waals surface area contributed by atoms with Gasteiger partial charge in [0.1, 0.15) is 5.82 Å². The number of carbonyl (C=O) groups is 2. The van der Waals surface area contributed by atoms with E-state index in [1.54, 1.807) is 6.07 Å². The molecule has 8 heteroatoms. The van der Waals surface area contributed by atoms with Crippen molar-refractivity contribution < 1.29 is 14.0 Å². The molecule has 1 saturated heterocycles. The van der Waals surface area contributed by atoms with Crippen LogP contribution in [-0.2, 0) is 29.6 Å². The van der Waals surface area contributed by atoms with E-state index in [1.165, 1.54) is 13.0 Å². The van der Waals surface area contributed by atoms with Crippen LogP contribution in [0.1, 0.15) is 36.6 Å².